The van der Waals surface area contributed by atoms with Crippen LogP contribution in [0.3, 0.4) is 0 Å². The monoisotopic (exact) mass is 208 g/mol. The van der Waals surface area contributed by atoms with Gasteiger partial charge in [-0.05, 0) is 18.4 Å². The maximum Gasteiger partial charge on any atom is 0.189 e. The molecule has 1 heterocycles. The molecule has 0 spiro atoms. The molecule has 0 aromatic carbocycles. The van der Waals surface area contributed by atoms with Crippen LogP contribution >= 0.6 is 11.8 Å². The lowest BCUT2D eigenvalue weighted by atomic mass is 10.2. The Balaban J connectivity index is 2.82. The standard InChI is InChI=1S/C10H12N2OS/c1-11-10(14-2)6-9(13)8-4-3-5-12-7-8/h3-7,11H,1-2H3. The fraction of sp³-hybridized carbons (Fsp3) is 0.200. The van der Waals surface area contributed by atoms with E-state index in [9.17, 15) is 4.79 Å². The highest BCUT2D eigenvalue weighted by Gasteiger charge is 2.02. The number of carbonyl (C=O) groups excluding carboxylic acids is 1. The van der Waals surface area contributed by atoms with Gasteiger partial charge in [-0.2, -0.15) is 0 Å². The average molecular weight is 208 g/mol. The van der Waals surface area contributed by atoms with E-state index >= 15 is 0 Å². The van der Waals surface area contributed by atoms with Gasteiger partial charge in [-0.25, -0.2) is 0 Å². The van der Waals surface area contributed by atoms with Crippen LogP contribution in [0.15, 0.2) is 35.6 Å². The molecule has 1 aromatic heterocycles. The molecule has 4 heteroatoms. The van der Waals surface area contributed by atoms with E-state index in [1.807, 2.05) is 6.26 Å². The number of pyridine rings is 1. The summed E-state index contributed by atoms with van der Waals surface area (Å²) in [6.07, 6.45) is 6.70. The van der Waals surface area contributed by atoms with Gasteiger partial charge in [-0.3, -0.25) is 9.78 Å². The SMILES string of the molecule is CNC(=CC(=O)c1cccnc1)SC. The molecule has 14 heavy (non-hydrogen) atoms. The number of ketones is 1. The normalized spacial score (nSPS) is 11.1. The second kappa shape index (κ2) is 5.44. The van der Waals surface area contributed by atoms with Crippen molar-refractivity contribution in [3.63, 3.8) is 0 Å². The molecule has 1 N–H and O–H groups in total. The summed E-state index contributed by atoms with van der Waals surface area (Å²) < 4.78 is 0. The second-order valence-corrected chi connectivity index (χ2v) is 3.42. The van der Waals surface area contributed by atoms with Crippen molar-refractivity contribution in [3.05, 3.63) is 41.2 Å². The number of rotatable bonds is 4. The number of allylic oxidation sites excluding steroid dienone is 1. The molecule has 0 atom stereocenters. The molecule has 0 aliphatic carbocycles. The van der Waals surface area contributed by atoms with Crippen LogP contribution in [0.1, 0.15) is 10.4 Å². The largest absolute Gasteiger partial charge is 0.383 e. The first-order valence-corrected chi connectivity index (χ1v) is 5.38. The lowest BCUT2D eigenvalue weighted by Crippen LogP contribution is -2.05. The topological polar surface area (TPSA) is 42.0 Å². The van der Waals surface area contributed by atoms with Crippen molar-refractivity contribution in [2.75, 3.05) is 13.3 Å². The van der Waals surface area contributed by atoms with Crippen molar-refractivity contribution in [1.29, 1.82) is 0 Å². The van der Waals surface area contributed by atoms with E-state index in [-0.39, 0.29) is 5.78 Å². The number of thioether (sulfide) groups is 1. The van der Waals surface area contributed by atoms with Crippen LogP contribution in [-0.4, -0.2) is 24.1 Å². The molecule has 0 aliphatic rings. The van der Waals surface area contributed by atoms with E-state index in [0.29, 0.717) is 5.56 Å². The molecular formula is C10H12N2OS. The highest BCUT2D eigenvalue weighted by Crippen LogP contribution is 2.08. The summed E-state index contributed by atoms with van der Waals surface area (Å²) in [5.41, 5.74) is 0.606. The van der Waals surface area contributed by atoms with Crippen molar-refractivity contribution < 1.29 is 4.79 Å². The summed E-state index contributed by atoms with van der Waals surface area (Å²) >= 11 is 1.50. The van der Waals surface area contributed by atoms with Crippen molar-refractivity contribution in [2.24, 2.45) is 0 Å². The van der Waals surface area contributed by atoms with Gasteiger partial charge >= 0.3 is 0 Å². The zero-order valence-electron chi connectivity index (χ0n) is 8.15. The quantitative estimate of drug-likeness (QED) is 0.604. The molecule has 0 saturated heterocycles. The maximum absolute atomic E-state index is 11.6. The van der Waals surface area contributed by atoms with E-state index < -0.39 is 0 Å². The first kappa shape index (κ1) is 10.8. The number of nitrogens with one attached hydrogen (secondary N) is 1. The Morgan fingerprint density at radius 3 is 2.93 bits per heavy atom. The van der Waals surface area contributed by atoms with Crippen LogP contribution in [-0.2, 0) is 0 Å². The van der Waals surface area contributed by atoms with E-state index in [1.165, 1.54) is 11.8 Å². The lowest BCUT2D eigenvalue weighted by Gasteiger charge is -2.01. The Labute approximate surface area is 87.6 Å². The maximum atomic E-state index is 11.6. The summed E-state index contributed by atoms with van der Waals surface area (Å²) in [5, 5.41) is 3.78. The third-order valence-electron chi connectivity index (χ3n) is 1.67. The molecule has 0 amide bonds. The molecule has 0 bridgehead atoms. The van der Waals surface area contributed by atoms with Gasteiger partial charge in [0.05, 0.1) is 5.03 Å². The summed E-state index contributed by atoms with van der Waals surface area (Å²) in [7, 11) is 1.79. The fourth-order valence-corrected chi connectivity index (χ4v) is 1.37. The highest BCUT2D eigenvalue weighted by atomic mass is 32.2. The first-order chi connectivity index (χ1) is 6.77. The Hall–Kier alpha value is -1.29. The van der Waals surface area contributed by atoms with E-state index in [0.717, 1.165) is 5.03 Å². The molecule has 0 fully saturated rings. The molecule has 1 rings (SSSR count). The Bertz CT molecular complexity index is 329. The van der Waals surface area contributed by atoms with Gasteiger partial charge in [0.2, 0.25) is 0 Å². The van der Waals surface area contributed by atoms with Crippen molar-refractivity contribution in [1.82, 2.24) is 10.3 Å². The Morgan fingerprint density at radius 1 is 1.64 bits per heavy atom. The summed E-state index contributed by atoms with van der Waals surface area (Å²) in [6, 6.07) is 3.50. The predicted octanol–water partition coefficient (Wildman–Crippen LogP) is 1.69. The third-order valence-corrected chi connectivity index (χ3v) is 2.44. The van der Waals surface area contributed by atoms with Crippen molar-refractivity contribution in [3.8, 4) is 0 Å². The van der Waals surface area contributed by atoms with Gasteiger partial charge in [0, 0.05) is 31.1 Å². The number of hydrogen-bond donors (Lipinski definition) is 1. The molecule has 74 valence electrons. The highest BCUT2D eigenvalue weighted by molar-refractivity contribution is 8.02. The number of nitrogens with zero attached hydrogens (tertiary/aromatic N) is 1. The van der Waals surface area contributed by atoms with Gasteiger partial charge < -0.3 is 5.32 Å². The predicted molar refractivity (Wildman–Crippen MR) is 59.2 cm³/mol. The Morgan fingerprint density at radius 2 is 2.43 bits per heavy atom. The van der Waals surface area contributed by atoms with Crippen molar-refractivity contribution in [2.45, 2.75) is 0 Å². The van der Waals surface area contributed by atoms with Crippen LogP contribution in [0.5, 0.6) is 0 Å². The van der Waals surface area contributed by atoms with E-state index in [1.54, 1.807) is 37.7 Å². The van der Waals surface area contributed by atoms with E-state index in [2.05, 4.69) is 10.3 Å². The minimum atomic E-state index is -0.0307. The molecule has 0 unspecified atom stereocenters. The summed E-state index contributed by atoms with van der Waals surface area (Å²) in [4.78, 5) is 15.5. The molecule has 0 saturated carbocycles. The number of aromatic nitrogens is 1. The van der Waals surface area contributed by atoms with Gasteiger partial charge in [0.1, 0.15) is 0 Å². The van der Waals surface area contributed by atoms with Crippen LogP contribution in [0.25, 0.3) is 0 Å². The van der Waals surface area contributed by atoms with Crippen LogP contribution in [0, 0.1) is 0 Å². The zero-order chi connectivity index (χ0) is 10.4. The van der Waals surface area contributed by atoms with Gasteiger partial charge in [0.15, 0.2) is 5.78 Å². The zero-order valence-corrected chi connectivity index (χ0v) is 8.97. The van der Waals surface area contributed by atoms with Gasteiger partial charge in [-0.15, -0.1) is 11.8 Å². The third kappa shape index (κ3) is 2.88. The fourth-order valence-electron chi connectivity index (χ4n) is 0.944. The average Bonchev–Trinajstić information content (AvgIpc) is 2.26. The lowest BCUT2D eigenvalue weighted by molar-refractivity contribution is 0.104. The minimum absolute atomic E-state index is 0.0307. The number of carbonyl (C=O) groups is 1. The molecule has 3 nitrogen and oxygen atoms in total. The molecular weight excluding hydrogens is 196 g/mol. The summed E-state index contributed by atoms with van der Waals surface area (Å²) in [5.74, 6) is -0.0307. The van der Waals surface area contributed by atoms with Gasteiger partial charge in [0.25, 0.3) is 0 Å². The summed E-state index contributed by atoms with van der Waals surface area (Å²) in [6.45, 7) is 0. The van der Waals surface area contributed by atoms with Crippen LogP contribution in [0.2, 0.25) is 0 Å². The van der Waals surface area contributed by atoms with Gasteiger partial charge in [-0.1, -0.05) is 0 Å². The first-order valence-electron chi connectivity index (χ1n) is 4.15. The number of hydrogen-bond acceptors (Lipinski definition) is 4. The van der Waals surface area contributed by atoms with Crippen LogP contribution in [0.4, 0.5) is 0 Å². The smallest absolute Gasteiger partial charge is 0.189 e. The Kier molecular flexibility index (Phi) is 4.19. The minimum Gasteiger partial charge on any atom is -0.383 e. The van der Waals surface area contributed by atoms with Crippen LogP contribution < -0.4 is 5.32 Å². The van der Waals surface area contributed by atoms with E-state index in [4.69, 9.17) is 0 Å². The molecule has 0 aliphatic heterocycles. The molecule has 1 aromatic rings. The van der Waals surface area contributed by atoms with Crippen molar-refractivity contribution >= 4 is 17.5 Å². The molecule has 0 radical (unpaired) electrons. The second-order valence-electron chi connectivity index (χ2n) is 2.57.